The van der Waals surface area contributed by atoms with Crippen LogP contribution < -0.4 is 10.6 Å². The lowest BCUT2D eigenvalue weighted by Crippen LogP contribution is -2.45. The van der Waals surface area contributed by atoms with E-state index in [1.54, 1.807) is 0 Å². The van der Waals surface area contributed by atoms with E-state index in [4.69, 9.17) is 4.74 Å². The molecule has 1 unspecified atom stereocenters. The molecule has 0 aromatic carbocycles. The molecule has 0 saturated carbocycles. The number of aliphatic imine (C=N–C) groups is 1. The molecular weight excluding hydrogens is 473 g/mol. The first-order valence-corrected chi connectivity index (χ1v) is 9.80. The van der Waals surface area contributed by atoms with E-state index < -0.39 is 0 Å². The zero-order valence-corrected chi connectivity index (χ0v) is 19.7. The summed E-state index contributed by atoms with van der Waals surface area (Å²) in [5.74, 6) is 2.63. The average molecular weight is 507 g/mol. The van der Waals surface area contributed by atoms with Gasteiger partial charge in [-0.3, -0.25) is 4.79 Å². The van der Waals surface area contributed by atoms with Gasteiger partial charge >= 0.3 is 0 Å². The summed E-state index contributed by atoms with van der Waals surface area (Å²) in [5.41, 5.74) is 0. The van der Waals surface area contributed by atoms with Crippen molar-refractivity contribution in [2.45, 2.75) is 52.6 Å². The molecule has 160 valence electrons. The molecule has 28 heavy (non-hydrogen) atoms. The average Bonchev–Trinajstić information content (AvgIpc) is 3.26. The van der Waals surface area contributed by atoms with Crippen LogP contribution in [-0.2, 0) is 23.1 Å². The Morgan fingerprint density at radius 3 is 2.79 bits per heavy atom. The first-order chi connectivity index (χ1) is 13.0. The van der Waals surface area contributed by atoms with Crippen LogP contribution >= 0.6 is 24.0 Å². The molecule has 1 aromatic rings. The second kappa shape index (κ2) is 12.9. The zero-order valence-electron chi connectivity index (χ0n) is 17.4. The van der Waals surface area contributed by atoms with Crippen molar-refractivity contribution in [2.24, 2.45) is 12.0 Å². The molecule has 1 fully saturated rings. The summed E-state index contributed by atoms with van der Waals surface area (Å²) >= 11 is 0. The van der Waals surface area contributed by atoms with Crippen LogP contribution in [-0.4, -0.2) is 70.4 Å². The molecule has 0 spiro atoms. The standard InChI is InChI=1S/C18H33N7O2.HI/c1-5-17(26)25-10-8-15(13-25)21-18(19-9-7-11-27-6-2)20-12-16-23-22-14(3)24(16)4;/h15H,5-13H2,1-4H3,(H2,19,20,21);1H. The highest BCUT2D eigenvalue weighted by Gasteiger charge is 2.25. The molecule has 2 N–H and O–H groups in total. The van der Waals surface area contributed by atoms with Crippen LogP contribution in [0.4, 0.5) is 0 Å². The Labute approximate surface area is 184 Å². The normalized spacial score (nSPS) is 16.8. The number of hydrogen-bond donors (Lipinski definition) is 2. The van der Waals surface area contributed by atoms with Gasteiger partial charge in [-0.2, -0.15) is 0 Å². The quantitative estimate of drug-likeness (QED) is 0.226. The number of guanidine groups is 1. The maximum atomic E-state index is 11.9. The number of aromatic nitrogens is 3. The molecule has 1 aromatic heterocycles. The van der Waals surface area contributed by atoms with Gasteiger partial charge in [-0.25, -0.2) is 4.99 Å². The summed E-state index contributed by atoms with van der Waals surface area (Å²) < 4.78 is 7.32. The largest absolute Gasteiger partial charge is 0.382 e. The molecule has 9 nitrogen and oxygen atoms in total. The SMILES string of the molecule is CCOCCCNC(=NCc1nnc(C)n1C)NC1CCN(C(=O)CC)C1.I. The third kappa shape index (κ3) is 7.53. The number of aryl methyl sites for hydroxylation is 1. The number of ether oxygens (including phenoxy) is 1. The fourth-order valence-corrected chi connectivity index (χ4v) is 2.94. The lowest BCUT2D eigenvalue weighted by atomic mass is 10.3. The van der Waals surface area contributed by atoms with Crippen LogP contribution in [0.1, 0.15) is 44.8 Å². The fourth-order valence-electron chi connectivity index (χ4n) is 2.94. The van der Waals surface area contributed by atoms with Crippen molar-refractivity contribution in [2.75, 3.05) is 32.8 Å². The van der Waals surface area contributed by atoms with Crippen LogP contribution in [0.3, 0.4) is 0 Å². The number of nitrogens with zero attached hydrogens (tertiary/aromatic N) is 5. The van der Waals surface area contributed by atoms with Gasteiger partial charge < -0.3 is 24.8 Å². The van der Waals surface area contributed by atoms with E-state index in [1.165, 1.54) is 0 Å². The molecule has 0 radical (unpaired) electrons. The maximum Gasteiger partial charge on any atom is 0.222 e. The Kier molecular flexibility index (Phi) is 11.4. The highest BCUT2D eigenvalue weighted by molar-refractivity contribution is 14.0. The van der Waals surface area contributed by atoms with Crippen molar-refractivity contribution in [3.05, 3.63) is 11.6 Å². The van der Waals surface area contributed by atoms with Gasteiger partial charge in [0.15, 0.2) is 11.8 Å². The second-order valence-corrected chi connectivity index (χ2v) is 6.69. The third-order valence-electron chi connectivity index (χ3n) is 4.71. The zero-order chi connectivity index (χ0) is 19.6. The lowest BCUT2D eigenvalue weighted by Gasteiger charge is -2.19. The monoisotopic (exact) mass is 507 g/mol. The number of rotatable bonds is 9. The third-order valence-corrected chi connectivity index (χ3v) is 4.71. The minimum atomic E-state index is 0. The summed E-state index contributed by atoms with van der Waals surface area (Å²) in [7, 11) is 1.94. The van der Waals surface area contributed by atoms with E-state index in [1.807, 2.05) is 37.3 Å². The summed E-state index contributed by atoms with van der Waals surface area (Å²) in [6.45, 7) is 10.0. The molecule has 0 bridgehead atoms. The molecule has 0 aliphatic carbocycles. The van der Waals surface area contributed by atoms with Gasteiger partial charge in [-0.15, -0.1) is 34.2 Å². The van der Waals surface area contributed by atoms with Crippen molar-refractivity contribution < 1.29 is 9.53 Å². The number of nitrogens with one attached hydrogen (secondary N) is 2. The van der Waals surface area contributed by atoms with Crippen molar-refractivity contribution in [1.82, 2.24) is 30.3 Å². The van der Waals surface area contributed by atoms with E-state index in [-0.39, 0.29) is 35.9 Å². The molecular formula is C18H34IN7O2. The number of amides is 1. The van der Waals surface area contributed by atoms with Gasteiger partial charge in [0, 0.05) is 52.4 Å². The molecule has 1 aliphatic heterocycles. The van der Waals surface area contributed by atoms with Crippen molar-refractivity contribution in [1.29, 1.82) is 0 Å². The minimum absolute atomic E-state index is 0. The molecule has 2 rings (SSSR count). The van der Waals surface area contributed by atoms with E-state index in [2.05, 4.69) is 25.8 Å². The minimum Gasteiger partial charge on any atom is -0.382 e. The van der Waals surface area contributed by atoms with E-state index >= 15 is 0 Å². The Balaban J connectivity index is 0.00000392. The first-order valence-electron chi connectivity index (χ1n) is 9.80. The predicted octanol–water partition coefficient (Wildman–Crippen LogP) is 1.21. The smallest absolute Gasteiger partial charge is 0.222 e. The molecule has 1 atom stereocenters. The fraction of sp³-hybridized carbons (Fsp3) is 0.778. The summed E-state index contributed by atoms with van der Waals surface area (Å²) in [5, 5.41) is 15.1. The Morgan fingerprint density at radius 2 is 2.14 bits per heavy atom. The lowest BCUT2D eigenvalue weighted by molar-refractivity contribution is -0.129. The van der Waals surface area contributed by atoms with Crippen LogP contribution in [0.2, 0.25) is 0 Å². The van der Waals surface area contributed by atoms with Gasteiger partial charge in [-0.1, -0.05) is 6.92 Å². The molecule has 1 aliphatic rings. The second-order valence-electron chi connectivity index (χ2n) is 6.69. The molecule has 10 heteroatoms. The van der Waals surface area contributed by atoms with Gasteiger partial charge in [-0.05, 0) is 26.7 Å². The topological polar surface area (TPSA) is 96.7 Å². The highest BCUT2D eigenvalue weighted by atomic mass is 127. The highest BCUT2D eigenvalue weighted by Crippen LogP contribution is 2.10. The van der Waals surface area contributed by atoms with Crippen molar-refractivity contribution in [3.8, 4) is 0 Å². The van der Waals surface area contributed by atoms with Crippen molar-refractivity contribution in [3.63, 3.8) is 0 Å². The predicted molar refractivity (Wildman–Crippen MR) is 120 cm³/mol. The summed E-state index contributed by atoms with van der Waals surface area (Å²) in [4.78, 5) is 18.5. The Bertz CT molecular complexity index is 635. The van der Waals surface area contributed by atoms with Gasteiger partial charge in [0.2, 0.25) is 5.91 Å². The van der Waals surface area contributed by atoms with Gasteiger partial charge in [0.1, 0.15) is 12.4 Å². The van der Waals surface area contributed by atoms with E-state index in [0.717, 1.165) is 63.3 Å². The number of halogens is 1. The van der Waals surface area contributed by atoms with Crippen LogP contribution in [0.5, 0.6) is 0 Å². The van der Waals surface area contributed by atoms with Crippen LogP contribution in [0.25, 0.3) is 0 Å². The van der Waals surface area contributed by atoms with E-state index in [0.29, 0.717) is 13.0 Å². The number of carbonyl (C=O) groups excluding carboxylic acids is 1. The molecule has 2 heterocycles. The van der Waals surface area contributed by atoms with Gasteiger partial charge in [0.05, 0.1) is 0 Å². The summed E-state index contributed by atoms with van der Waals surface area (Å²) in [6, 6.07) is 0.208. The Morgan fingerprint density at radius 1 is 1.36 bits per heavy atom. The van der Waals surface area contributed by atoms with Crippen LogP contribution in [0.15, 0.2) is 4.99 Å². The molecule has 1 amide bonds. The van der Waals surface area contributed by atoms with E-state index in [9.17, 15) is 4.79 Å². The summed E-state index contributed by atoms with van der Waals surface area (Å²) in [6.07, 6.45) is 2.38. The van der Waals surface area contributed by atoms with Gasteiger partial charge in [0.25, 0.3) is 0 Å². The maximum absolute atomic E-state index is 11.9. The number of likely N-dealkylation sites (tertiary alicyclic amines) is 1. The van der Waals surface area contributed by atoms with Crippen molar-refractivity contribution >= 4 is 35.8 Å². The number of carbonyl (C=O) groups is 1. The molecule has 1 saturated heterocycles. The number of hydrogen-bond acceptors (Lipinski definition) is 5. The van der Waals surface area contributed by atoms with Crippen LogP contribution in [0, 0.1) is 6.92 Å². The Hall–Kier alpha value is -1.43. The first kappa shape index (κ1) is 24.6.